The van der Waals surface area contributed by atoms with Crippen LogP contribution in [0.3, 0.4) is 0 Å². The number of hydrogen-bond donors (Lipinski definition) is 1. The van der Waals surface area contributed by atoms with Crippen LogP contribution in [0, 0.1) is 0 Å². The number of carbonyl (C=O) groups is 1. The molecule has 3 rings (SSSR count). The van der Waals surface area contributed by atoms with Crippen molar-refractivity contribution in [3.8, 4) is 0 Å². The molecule has 2 aromatic carbocycles. The minimum atomic E-state index is -3.80. The Morgan fingerprint density at radius 2 is 2.04 bits per heavy atom. The van der Waals surface area contributed by atoms with Gasteiger partial charge >= 0.3 is 0 Å². The monoisotopic (exact) mass is 454 g/mol. The molecule has 1 unspecified atom stereocenters. The second-order valence-corrected chi connectivity index (χ2v) is 9.58. The molecule has 0 spiro atoms. The molecule has 0 radical (unpaired) electrons. The number of halogens is 1. The predicted molar refractivity (Wildman–Crippen MR) is 109 cm³/mol. The molecule has 0 bridgehead atoms. The van der Waals surface area contributed by atoms with Crippen molar-refractivity contribution in [2.75, 3.05) is 15.9 Å². The molecule has 138 valence electrons. The zero-order valence-electron chi connectivity index (χ0n) is 14.6. The first-order chi connectivity index (χ1) is 12.2. The van der Waals surface area contributed by atoms with Gasteiger partial charge in [0, 0.05) is 33.7 Å². The molecule has 1 heterocycles. The van der Waals surface area contributed by atoms with Gasteiger partial charge in [0.05, 0.1) is 0 Å². The van der Waals surface area contributed by atoms with Gasteiger partial charge in [-0.15, -0.1) is 11.8 Å². The van der Waals surface area contributed by atoms with E-state index in [1.54, 1.807) is 35.2 Å². The fourth-order valence-electron chi connectivity index (χ4n) is 3.20. The number of benzene rings is 2. The Balaban J connectivity index is 2.02. The molecule has 5 nitrogen and oxygen atoms in total. The van der Waals surface area contributed by atoms with Crippen LogP contribution in [-0.4, -0.2) is 26.6 Å². The first-order valence-electron chi connectivity index (χ1n) is 8.02. The van der Waals surface area contributed by atoms with E-state index in [1.165, 1.54) is 18.7 Å². The normalized spacial score (nSPS) is 16.5. The number of thioether (sulfide) groups is 1. The lowest BCUT2D eigenvalue weighted by molar-refractivity contribution is -0.116. The van der Waals surface area contributed by atoms with Gasteiger partial charge in [0.25, 0.3) is 10.0 Å². The number of fused-ring (bicyclic) bond motifs is 1. The molecule has 26 heavy (non-hydrogen) atoms. The van der Waals surface area contributed by atoms with Crippen molar-refractivity contribution >= 4 is 55.0 Å². The molecule has 1 atom stereocenters. The van der Waals surface area contributed by atoms with Crippen LogP contribution in [-0.2, 0) is 21.2 Å². The van der Waals surface area contributed by atoms with E-state index in [1.807, 2.05) is 19.2 Å². The number of hydrogen-bond acceptors (Lipinski definition) is 4. The Labute approximate surface area is 166 Å². The zero-order valence-corrected chi connectivity index (χ0v) is 17.8. The third kappa shape index (κ3) is 3.63. The first-order valence-corrected chi connectivity index (χ1v) is 11.5. The van der Waals surface area contributed by atoms with Gasteiger partial charge in [0.2, 0.25) is 5.91 Å². The summed E-state index contributed by atoms with van der Waals surface area (Å²) < 4.78 is 29.0. The number of amides is 1. The van der Waals surface area contributed by atoms with E-state index in [2.05, 4.69) is 20.7 Å². The number of rotatable bonds is 4. The Bertz CT molecular complexity index is 976. The zero-order chi connectivity index (χ0) is 19.1. The van der Waals surface area contributed by atoms with Gasteiger partial charge in [-0.1, -0.05) is 6.07 Å². The average molecular weight is 455 g/mol. The number of nitrogens with zero attached hydrogens (tertiary/aromatic N) is 1. The summed E-state index contributed by atoms with van der Waals surface area (Å²) >= 11 is 4.92. The van der Waals surface area contributed by atoms with Crippen molar-refractivity contribution in [1.29, 1.82) is 0 Å². The molecule has 0 saturated heterocycles. The summed E-state index contributed by atoms with van der Waals surface area (Å²) in [5, 5.41) is 0. The highest BCUT2D eigenvalue weighted by Crippen LogP contribution is 2.38. The average Bonchev–Trinajstić information content (AvgIpc) is 2.88. The summed E-state index contributed by atoms with van der Waals surface area (Å²) in [4.78, 5) is 14.7. The van der Waals surface area contributed by atoms with E-state index in [0.29, 0.717) is 22.3 Å². The summed E-state index contributed by atoms with van der Waals surface area (Å²) in [6.07, 6.45) is 2.64. The molecule has 1 N–H and O–H groups in total. The highest BCUT2D eigenvalue weighted by atomic mass is 79.9. The van der Waals surface area contributed by atoms with E-state index in [-0.39, 0.29) is 16.8 Å². The minimum absolute atomic E-state index is 0.0126. The van der Waals surface area contributed by atoms with Crippen LogP contribution < -0.4 is 9.62 Å². The van der Waals surface area contributed by atoms with E-state index in [9.17, 15) is 13.2 Å². The minimum Gasteiger partial charge on any atom is -0.309 e. The highest BCUT2D eigenvalue weighted by Gasteiger charge is 2.32. The molecular formula is C18H19BrN2O3S2. The number of carbonyl (C=O) groups excluding carboxylic acids is 1. The molecule has 1 aliphatic heterocycles. The second-order valence-electron chi connectivity index (χ2n) is 6.19. The maximum atomic E-state index is 12.9. The summed E-state index contributed by atoms with van der Waals surface area (Å²) in [7, 11) is -3.80. The highest BCUT2D eigenvalue weighted by molar-refractivity contribution is 9.10. The Morgan fingerprint density at radius 3 is 2.69 bits per heavy atom. The van der Waals surface area contributed by atoms with Crippen molar-refractivity contribution in [3.05, 3.63) is 46.4 Å². The van der Waals surface area contributed by atoms with Gasteiger partial charge in [-0.3, -0.25) is 9.52 Å². The Morgan fingerprint density at radius 1 is 1.31 bits per heavy atom. The van der Waals surface area contributed by atoms with Crippen molar-refractivity contribution in [2.45, 2.75) is 36.1 Å². The van der Waals surface area contributed by atoms with Gasteiger partial charge in [-0.05, 0) is 71.4 Å². The third-order valence-corrected chi connectivity index (χ3v) is 7.36. The maximum absolute atomic E-state index is 12.9. The molecule has 8 heteroatoms. The third-order valence-electron chi connectivity index (χ3n) is 4.30. The molecule has 1 aliphatic rings. The lowest BCUT2D eigenvalue weighted by Crippen LogP contribution is -2.33. The van der Waals surface area contributed by atoms with Crippen molar-refractivity contribution < 1.29 is 13.2 Å². The van der Waals surface area contributed by atoms with Crippen LogP contribution in [0.1, 0.15) is 19.4 Å². The number of nitrogens with one attached hydrogen (secondary N) is 1. The predicted octanol–water partition coefficient (Wildman–Crippen LogP) is 4.27. The second kappa shape index (κ2) is 7.25. The Kier molecular flexibility index (Phi) is 5.37. The van der Waals surface area contributed by atoms with Crippen LogP contribution in [0.4, 0.5) is 11.4 Å². The summed E-state index contributed by atoms with van der Waals surface area (Å²) in [5.74, 6) is -0.0949. The van der Waals surface area contributed by atoms with Gasteiger partial charge in [-0.2, -0.15) is 0 Å². The van der Waals surface area contributed by atoms with Gasteiger partial charge < -0.3 is 4.90 Å². The lowest BCUT2D eigenvalue weighted by Gasteiger charge is -2.21. The molecule has 2 aromatic rings. The summed E-state index contributed by atoms with van der Waals surface area (Å²) in [6, 6.07) is 10.6. The van der Waals surface area contributed by atoms with Crippen molar-refractivity contribution in [3.63, 3.8) is 0 Å². The van der Waals surface area contributed by atoms with E-state index < -0.39 is 10.0 Å². The molecule has 0 fully saturated rings. The molecular weight excluding hydrogens is 436 g/mol. The van der Waals surface area contributed by atoms with Gasteiger partial charge in [0.1, 0.15) is 4.90 Å². The number of anilines is 2. The van der Waals surface area contributed by atoms with Crippen LogP contribution >= 0.6 is 27.7 Å². The van der Waals surface area contributed by atoms with Crippen LogP contribution in [0.5, 0.6) is 0 Å². The van der Waals surface area contributed by atoms with Crippen LogP contribution in [0.25, 0.3) is 0 Å². The fourth-order valence-corrected chi connectivity index (χ4v) is 5.82. The van der Waals surface area contributed by atoms with E-state index in [4.69, 9.17) is 0 Å². The Hall–Kier alpha value is -1.51. The largest absolute Gasteiger partial charge is 0.309 e. The molecule has 0 aromatic heterocycles. The van der Waals surface area contributed by atoms with Crippen LogP contribution in [0.2, 0.25) is 0 Å². The summed E-state index contributed by atoms with van der Waals surface area (Å²) in [6.45, 7) is 3.45. The molecule has 0 aliphatic carbocycles. The topological polar surface area (TPSA) is 66.5 Å². The SMILES string of the molecule is CSc1cccc(NS(=O)(=O)c2cc3c(cc2Br)CC(C)N3C(C)=O)c1. The van der Waals surface area contributed by atoms with E-state index >= 15 is 0 Å². The molecule has 1 amide bonds. The quantitative estimate of drug-likeness (QED) is 0.700. The van der Waals surface area contributed by atoms with Crippen LogP contribution in [0.15, 0.2) is 50.7 Å². The van der Waals surface area contributed by atoms with Gasteiger partial charge in [0.15, 0.2) is 0 Å². The van der Waals surface area contributed by atoms with E-state index in [0.717, 1.165) is 10.5 Å². The first kappa shape index (κ1) is 19.3. The summed E-state index contributed by atoms with van der Waals surface area (Å²) in [5.41, 5.74) is 2.12. The smallest absolute Gasteiger partial charge is 0.263 e. The standard InChI is InChI=1S/C18H19BrN2O3S2/c1-11-7-13-8-16(19)18(10-17(13)21(11)12(2)22)26(23,24)20-14-5-4-6-15(9-14)25-3/h4-6,8-11,20H,7H2,1-3H3. The van der Waals surface area contributed by atoms with Crippen molar-refractivity contribution in [1.82, 2.24) is 0 Å². The van der Waals surface area contributed by atoms with Crippen molar-refractivity contribution in [2.24, 2.45) is 0 Å². The fraction of sp³-hybridized carbons (Fsp3) is 0.278. The van der Waals surface area contributed by atoms with Gasteiger partial charge in [-0.25, -0.2) is 8.42 Å². The lowest BCUT2D eigenvalue weighted by atomic mass is 10.1. The maximum Gasteiger partial charge on any atom is 0.263 e. The molecule has 0 saturated carbocycles. The number of sulfonamides is 1.